The van der Waals surface area contributed by atoms with Crippen molar-refractivity contribution in [1.82, 2.24) is 15.1 Å². The van der Waals surface area contributed by atoms with Gasteiger partial charge in [-0.3, -0.25) is 4.79 Å². The summed E-state index contributed by atoms with van der Waals surface area (Å²) in [7, 11) is 9.55. The topological polar surface area (TPSA) is 51.2 Å². The molecule has 1 N–H and O–H groups in total. The summed E-state index contributed by atoms with van der Waals surface area (Å²) in [5.74, 6) is 1.24. The molecule has 0 bridgehead atoms. The Balaban J connectivity index is 2.87. The normalized spacial score (nSPS) is 11.4. The van der Waals surface area contributed by atoms with Gasteiger partial charge in [0.05, 0.1) is 0 Å². The van der Waals surface area contributed by atoms with Crippen molar-refractivity contribution in [2.45, 2.75) is 20.4 Å². The molecule has 1 aromatic carbocycles. The van der Waals surface area contributed by atoms with Crippen molar-refractivity contribution in [2.24, 2.45) is 10.9 Å². The Morgan fingerprint density at radius 1 is 1.16 bits per heavy atom. The van der Waals surface area contributed by atoms with E-state index < -0.39 is 0 Å². The van der Waals surface area contributed by atoms with Gasteiger partial charge < -0.3 is 20.0 Å². The zero-order valence-corrected chi connectivity index (χ0v) is 16.7. The van der Waals surface area contributed by atoms with Gasteiger partial charge in [0.15, 0.2) is 5.96 Å². The van der Waals surface area contributed by atoms with Crippen LogP contribution in [0.5, 0.6) is 0 Å². The van der Waals surface area contributed by atoms with Gasteiger partial charge in [-0.2, -0.15) is 0 Å². The molecule has 0 aliphatic rings. The molecule has 0 radical (unpaired) electrons. The highest BCUT2D eigenvalue weighted by Gasteiger charge is 2.10. The van der Waals surface area contributed by atoms with E-state index in [1.807, 2.05) is 21.1 Å². The molecule has 1 amide bonds. The molecule has 0 saturated heterocycles. The number of likely N-dealkylation sites (N-methyl/N-ethyl adjacent to an activating group) is 1. The lowest BCUT2D eigenvalue weighted by molar-refractivity contribution is -0.127. The van der Waals surface area contributed by atoms with Crippen LogP contribution in [0.15, 0.2) is 29.3 Å². The van der Waals surface area contributed by atoms with Gasteiger partial charge in [0, 0.05) is 54.0 Å². The molecule has 1 rings (SSSR count). The third kappa shape index (κ3) is 7.45. The molecule has 0 saturated carbocycles. The van der Waals surface area contributed by atoms with E-state index in [1.165, 1.54) is 11.3 Å². The molecule has 0 aliphatic carbocycles. The number of benzene rings is 1. The molecule has 6 heteroatoms. The third-order valence-electron chi connectivity index (χ3n) is 3.74. The number of carbonyl (C=O) groups is 1. The quantitative estimate of drug-likeness (QED) is 0.604. The Hall–Kier alpha value is -2.24. The fourth-order valence-corrected chi connectivity index (χ4v) is 2.17. The van der Waals surface area contributed by atoms with Crippen molar-refractivity contribution >= 4 is 17.6 Å². The molecule has 0 aromatic heterocycles. The summed E-state index contributed by atoms with van der Waals surface area (Å²) in [6, 6.07) is 8.42. The van der Waals surface area contributed by atoms with Crippen LogP contribution >= 0.6 is 0 Å². The number of amides is 1. The first-order chi connectivity index (χ1) is 11.7. The van der Waals surface area contributed by atoms with Gasteiger partial charge in [0.2, 0.25) is 5.91 Å². The highest BCUT2D eigenvalue weighted by molar-refractivity contribution is 5.84. The lowest BCUT2D eigenvalue weighted by Gasteiger charge is -2.24. The number of hydrogen-bond acceptors (Lipinski definition) is 3. The maximum Gasteiger partial charge on any atom is 0.243 e. The molecule has 0 unspecified atom stereocenters. The summed E-state index contributed by atoms with van der Waals surface area (Å²) in [5, 5.41) is 3.37. The first-order valence-electron chi connectivity index (χ1n) is 8.66. The highest BCUT2D eigenvalue weighted by Crippen LogP contribution is 2.14. The summed E-state index contributed by atoms with van der Waals surface area (Å²) in [4.78, 5) is 22.1. The van der Waals surface area contributed by atoms with E-state index in [9.17, 15) is 4.79 Å². The maximum absolute atomic E-state index is 11.9. The number of nitrogens with zero attached hydrogens (tertiary/aromatic N) is 4. The van der Waals surface area contributed by atoms with Crippen LogP contribution < -0.4 is 10.2 Å². The van der Waals surface area contributed by atoms with Gasteiger partial charge in [-0.05, 0) is 23.6 Å². The summed E-state index contributed by atoms with van der Waals surface area (Å²) >= 11 is 0. The van der Waals surface area contributed by atoms with Gasteiger partial charge in [0.25, 0.3) is 0 Å². The first-order valence-corrected chi connectivity index (χ1v) is 8.66. The van der Waals surface area contributed by atoms with Crippen LogP contribution in [-0.4, -0.2) is 70.0 Å². The zero-order chi connectivity index (χ0) is 19.0. The second-order valence-corrected chi connectivity index (χ2v) is 7.12. The van der Waals surface area contributed by atoms with Gasteiger partial charge in [-0.25, -0.2) is 4.99 Å². The van der Waals surface area contributed by atoms with Crippen LogP contribution in [0.4, 0.5) is 5.69 Å². The fraction of sp³-hybridized carbons (Fsp3) is 0.579. The molecule has 1 aromatic rings. The van der Waals surface area contributed by atoms with Crippen molar-refractivity contribution in [3.63, 3.8) is 0 Å². The summed E-state index contributed by atoms with van der Waals surface area (Å²) in [6.07, 6.45) is 0. The Kier molecular flexibility index (Phi) is 8.25. The predicted molar refractivity (Wildman–Crippen MR) is 106 cm³/mol. The molecule has 0 aliphatic heterocycles. The summed E-state index contributed by atoms with van der Waals surface area (Å²) in [5.41, 5.74) is 2.37. The minimum atomic E-state index is -0.00754. The van der Waals surface area contributed by atoms with Crippen molar-refractivity contribution in [2.75, 3.05) is 53.2 Å². The van der Waals surface area contributed by atoms with Crippen molar-refractivity contribution < 1.29 is 4.79 Å². The summed E-state index contributed by atoms with van der Waals surface area (Å²) < 4.78 is 0. The molecule has 0 spiro atoms. The van der Waals surface area contributed by atoms with Crippen LogP contribution in [-0.2, 0) is 11.3 Å². The number of hydrogen-bond donors (Lipinski definition) is 1. The lowest BCUT2D eigenvalue weighted by atomic mass is 10.2. The van der Waals surface area contributed by atoms with Crippen molar-refractivity contribution in [1.29, 1.82) is 0 Å². The van der Waals surface area contributed by atoms with Gasteiger partial charge in [0.1, 0.15) is 6.54 Å². The smallest absolute Gasteiger partial charge is 0.243 e. The zero-order valence-electron chi connectivity index (χ0n) is 16.7. The Labute approximate surface area is 152 Å². The van der Waals surface area contributed by atoms with Gasteiger partial charge in [-0.15, -0.1) is 0 Å². The molecule has 0 atom stereocenters. The minimum absolute atomic E-state index is 0.00754. The van der Waals surface area contributed by atoms with E-state index in [-0.39, 0.29) is 12.5 Å². The average molecular weight is 348 g/mol. The van der Waals surface area contributed by atoms with Crippen LogP contribution in [0, 0.1) is 5.92 Å². The molecular formula is C19H33N5O. The van der Waals surface area contributed by atoms with Crippen LogP contribution in [0.25, 0.3) is 0 Å². The predicted octanol–water partition coefficient (Wildman–Crippen LogP) is 1.87. The molecule has 25 heavy (non-hydrogen) atoms. The third-order valence-corrected chi connectivity index (χ3v) is 3.74. The van der Waals surface area contributed by atoms with Gasteiger partial charge >= 0.3 is 0 Å². The monoisotopic (exact) mass is 347 g/mol. The highest BCUT2D eigenvalue weighted by atomic mass is 16.2. The van der Waals surface area contributed by atoms with E-state index in [0.717, 1.165) is 19.0 Å². The Morgan fingerprint density at radius 2 is 1.84 bits per heavy atom. The molecule has 6 nitrogen and oxygen atoms in total. The Bertz CT molecular complexity index is 581. The summed E-state index contributed by atoms with van der Waals surface area (Å²) in [6.45, 7) is 5.99. The van der Waals surface area contributed by atoms with Crippen molar-refractivity contribution in [3.8, 4) is 0 Å². The first kappa shape index (κ1) is 20.8. The second kappa shape index (κ2) is 9.91. The number of carbonyl (C=O) groups excluding carboxylic acids is 1. The molecular weight excluding hydrogens is 314 g/mol. The number of aliphatic imine (C=N–C) groups is 1. The molecule has 0 fully saturated rings. The van der Waals surface area contributed by atoms with E-state index in [1.54, 1.807) is 19.0 Å². The van der Waals surface area contributed by atoms with E-state index in [4.69, 9.17) is 0 Å². The average Bonchev–Trinajstić information content (AvgIpc) is 2.54. The molecule has 0 heterocycles. The van der Waals surface area contributed by atoms with E-state index >= 15 is 0 Å². The van der Waals surface area contributed by atoms with Crippen LogP contribution in [0.2, 0.25) is 0 Å². The largest absolute Gasteiger partial charge is 0.378 e. The van der Waals surface area contributed by atoms with E-state index in [0.29, 0.717) is 5.92 Å². The second-order valence-electron chi connectivity index (χ2n) is 7.12. The van der Waals surface area contributed by atoms with Crippen LogP contribution in [0.3, 0.4) is 0 Å². The number of nitrogens with one attached hydrogen (secondary N) is 1. The maximum atomic E-state index is 11.9. The lowest BCUT2D eigenvalue weighted by Crippen LogP contribution is -2.41. The Morgan fingerprint density at radius 3 is 2.40 bits per heavy atom. The van der Waals surface area contributed by atoms with Gasteiger partial charge in [-0.1, -0.05) is 26.0 Å². The van der Waals surface area contributed by atoms with E-state index in [2.05, 4.69) is 58.2 Å². The number of rotatable bonds is 7. The molecule has 140 valence electrons. The van der Waals surface area contributed by atoms with Crippen LogP contribution in [0.1, 0.15) is 19.4 Å². The number of anilines is 1. The fourth-order valence-electron chi connectivity index (χ4n) is 2.17. The SMILES string of the molecule is CC(C)CNC(=NCC(=O)N(C)C)N(C)Cc1cccc(N(C)C)c1. The van der Waals surface area contributed by atoms with Crippen molar-refractivity contribution in [3.05, 3.63) is 29.8 Å². The minimum Gasteiger partial charge on any atom is -0.378 e. The standard InChI is InChI=1S/C19H33N5O/c1-15(2)12-20-19(21-13-18(25)23(5)6)24(7)14-16-9-8-10-17(11-16)22(3)4/h8-11,15H,12-14H2,1-7H3,(H,20,21). The number of guanidine groups is 1.